The summed E-state index contributed by atoms with van der Waals surface area (Å²) in [7, 11) is 1.58. The van der Waals surface area contributed by atoms with E-state index in [0.717, 1.165) is 31.7 Å². The highest BCUT2D eigenvalue weighted by Gasteiger charge is 2.20. The van der Waals surface area contributed by atoms with Crippen molar-refractivity contribution < 1.29 is 14.6 Å². The summed E-state index contributed by atoms with van der Waals surface area (Å²) in [5.74, 6) is 1.09. The van der Waals surface area contributed by atoms with Crippen LogP contribution in [0.15, 0.2) is 12.1 Å². The number of hydrogen-bond acceptors (Lipinski definition) is 4. The first-order chi connectivity index (χ1) is 7.31. The Morgan fingerprint density at radius 1 is 1.40 bits per heavy atom. The van der Waals surface area contributed by atoms with Crippen molar-refractivity contribution in [2.75, 3.05) is 20.3 Å². The molecule has 1 N–H and O–H groups in total. The predicted molar refractivity (Wildman–Crippen MR) is 55.2 cm³/mol. The molecule has 1 aliphatic rings. The van der Waals surface area contributed by atoms with Crippen LogP contribution < -0.4 is 4.74 Å². The molecule has 15 heavy (non-hydrogen) atoms. The van der Waals surface area contributed by atoms with Gasteiger partial charge in [0.1, 0.15) is 5.75 Å². The summed E-state index contributed by atoms with van der Waals surface area (Å²) in [5.41, 5.74) is 0.734. The third-order valence-corrected chi connectivity index (χ3v) is 2.69. The zero-order valence-electron chi connectivity index (χ0n) is 8.77. The molecule has 2 heterocycles. The fourth-order valence-corrected chi connectivity index (χ4v) is 1.83. The Labute approximate surface area is 88.9 Å². The number of pyridine rings is 1. The van der Waals surface area contributed by atoms with Crippen molar-refractivity contribution in [2.24, 2.45) is 0 Å². The SMILES string of the molecule is COc1ccc(O)c(C2CCOCC2)n1. The summed E-state index contributed by atoms with van der Waals surface area (Å²) in [5, 5.41) is 9.72. The molecule has 2 rings (SSSR count). The van der Waals surface area contributed by atoms with Gasteiger partial charge in [-0.1, -0.05) is 0 Å². The topological polar surface area (TPSA) is 51.6 Å². The van der Waals surface area contributed by atoms with Gasteiger partial charge >= 0.3 is 0 Å². The van der Waals surface area contributed by atoms with E-state index in [1.807, 2.05) is 0 Å². The average molecular weight is 209 g/mol. The summed E-state index contributed by atoms with van der Waals surface area (Å²) >= 11 is 0. The summed E-state index contributed by atoms with van der Waals surface area (Å²) in [6.07, 6.45) is 1.82. The maximum absolute atomic E-state index is 9.72. The quantitative estimate of drug-likeness (QED) is 0.805. The Morgan fingerprint density at radius 2 is 2.13 bits per heavy atom. The summed E-state index contributed by atoms with van der Waals surface area (Å²) in [6, 6.07) is 3.30. The van der Waals surface area contributed by atoms with E-state index < -0.39 is 0 Å². The number of aromatic hydroxyl groups is 1. The standard InChI is InChI=1S/C11H15NO3/c1-14-10-3-2-9(13)11(12-10)8-4-6-15-7-5-8/h2-3,8,13H,4-7H2,1H3. The van der Waals surface area contributed by atoms with Crippen molar-refractivity contribution in [1.29, 1.82) is 0 Å². The molecule has 0 aromatic carbocycles. The lowest BCUT2D eigenvalue weighted by atomic mass is 9.95. The van der Waals surface area contributed by atoms with Crippen LogP contribution >= 0.6 is 0 Å². The summed E-state index contributed by atoms with van der Waals surface area (Å²) < 4.78 is 10.3. The second-order valence-corrected chi connectivity index (χ2v) is 3.64. The van der Waals surface area contributed by atoms with Gasteiger partial charge in [0, 0.05) is 25.2 Å². The average Bonchev–Trinajstić information content (AvgIpc) is 2.31. The van der Waals surface area contributed by atoms with E-state index in [0.29, 0.717) is 5.88 Å². The normalized spacial score (nSPS) is 17.7. The number of nitrogens with zero attached hydrogens (tertiary/aromatic N) is 1. The van der Waals surface area contributed by atoms with Gasteiger partial charge in [0.15, 0.2) is 0 Å². The van der Waals surface area contributed by atoms with Crippen molar-refractivity contribution in [3.05, 3.63) is 17.8 Å². The molecule has 4 heteroatoms. The zero-order chi connectivity index (χ0) is 10.7. The van der Waals surface area contributed by atoms with Crippen LogP contribution in [0, 0.1) is 0 Å². The molecule has 0 amide bonds. The van der Waals surface area contributed by atoms with Crippen molar-refractivity contribution in [3.63, 3.8) is 0 Å². The van der Waals surface area contributed by atoms with Crippen LogP contribution in [0.3, 0.4) is 0 Å². The third-order valence-electron chi connectivity index (χ3n) is 2.69. The van der Waals surface area contributed by atoms with Gasteiger partial charge < -0.3 is 14.6 Å². The Balaban J connectivity index is 2.24. The van der Waals surface area contributed by atoms with E-state index in [9.17, 15) is 5.11 Å². The highest BCUT2D eigenvalue weighted by atomic mass is 16.5. The maximum atomic E-state index is 9.72. The van der Waals surface area contributed by atoms with Crippen LogP contribution in [-0.4, -0.2) is 30.4 Å². The van der Waals surface area contributed by atoms with Crippen LogP contribution in [0.1, 0.15) is 24.5 Å². The van der Waals surface area contributed by atoms with Gasteiger partial charge in [0.2, 0.25) is 5.88 Å². The number of methoxy groups -OCH3 is 1. The highest BCUT2D eigenvalue weighted by Crippen LogP contribution is 2.32. The van der Waals surface area contributed by atoms with Crippen LogP contribution in [-0.2, 0) is 4.74 Å². The minimum Gasteiger partial charge on any atom is -0.506 e. The molecule has 0 aliphatic carbocycles. The summed E-state index contributed by atoms with van der Waals surface area (Å²) in [4.78, 5) is 4.29. The molecule has 4 nitrogen and oxygen atoms in total. The minimum absolute atomic E-state index is 0.253. The molecular formula is C11H15NO3. The molecule has 1 aliphatic heterocycles. The highest BCUT2D eigenvalue weighted by molar-refractivity contribution is 5.33. The van der Waals surface area contributed by atoms with Gasteiger partial charge in [-0.25, -0.2) is 4.98 Å². The molecule has 0 saturated carbocycles. The van der Waals surface area contributed by atoms with Crippen LogP contribution in [0.2, 0.25) is 0 Å². The Bertz CT molecular complexity index is 335. The lowest BCUT2D eigenvalue weighted by Crippen LogP contribution is -2.15. The molecule has 0 spiro atoms. The van der Waals surface area contributed by atoms with Crippen LogP contribution in [0.4, 0.5) is 0 Å². The van der Waals surface area contributed by atoms with Gasteiger partial charge in [-0.05, 0) is 18.9 Å². The molecule has 1 aromatic rings. The summed E-state index contributed by atoms with van der Waals surface area (Å²) in [6.45, 7) is 1.48. The number of hydrogen-bond donors (Lipinski definition) is 1. The Morgan fingerprint density at radius 3 is 2.80 bits per heavy atom. The minimum atomic E-state index is 0.253. The Hall–Kier alpha value is -1.29. The van der Waals surface area contributed by atoms with Crippen molar-refractivity contribution in [3.8, 4) is 11.6 Å². The van der Waals surface area contributed by atoms with Crippen molar-refractivity contribution in [2.45, 2.75) is 18.8 Å². The molecule has 82 valence electrons. The second-order valence-electron chi connectivity index (χ2n) is 3.64. The van der Waals surface area contributed by atoms with E-state index in [2.05, 4.69) is 4.98 Å². The van der Waals surface area contributed by atoms with Gasteiger partial charge in [-0.2, -0.15) is 0 Å². The van der Waals surface area contributed by atoms with Gasteiger partial charge in [0.05, 0.1) is 12.8 Å². The fraction of sp³-hybridized carbons (Fsp3) is 0.545. The number of ether oxygens (including phenoxy) is 2. The number of rotatable bonds is 2. The maximum Gasteiger partial charge on any atom is 0.213 e. The molecule has 1 fully saturated rings. The van der Waals surface area contributed by atoms with Crippen LogP contribution in [0.5, 0.6) is 11.6 Å². The molecule has 1 saturated heterocycles. The first-order valence-corrected chi connectivity index (χ1v) is 5.13. The second kappa shape index (κ2) is 4.49. The molecular weight excluding hydrogens is 194 g/mol. The van der Waals surface area contributed by atoms with Crippen molar-refractivity contribution in [1.82, 2.24) is 4.98 Å². The number of aromatic nitrogens is 1. The molecule has 0 bridgehead atoms. The fourth-order valence-electron chi connectivity index (χ4n) is 1.83. The molecule has 0 atom stereocenters. The zero-order valence-corrected chi connectivity index (χ0v) is 8.77. The largest absolute Gasteiger partial charge is 0.506 e. The van der Waals surface area contributed by atoms with Gasteiger partial charge in [-0.3, -0.25) is 0 Å². The predicted octanol–water partition coefficient (Wildman–Crippen LogP) is 1.69. The van der Waals surface area contributed by atoms with E-state index >= 15 is 0 Å². The third kappa shape index (κ3) is 2.21. The van der Waals surface area contributed by atoms with Gasteiger partial charge in [0.25, 0.3) is 0 Å². The Kier molecular flexibility index (Phi) is 3.06. The van der Waals surface area contributed by atoms with Crippen LogP contribution in [0.25, 0.3) is 0 Å². The van der Waals surface area contributed by atoms with E-state index in [1.54, 1.807) is 19.2 Å². The molecule has 1 aromatic heterocycles. The van der Waals surface area contributed by atoms with Crippen molar-refractivity contribution >= 4 is 0 Å². The van der Waals surface area contributed by atoms with Gasteiger partial charge in [-0.15, -0.1) is 0 Å². The van der Waals surface area contributed by atoms with E-state index in [1.165, 1.54) is 0 Å². The first-order valence-electron chi connectivity index (χ1n) is 5.13. The molecule has 0 unspecified atom stereocenters. The first kappa shape index (κ1) is 10.2. The lowest BCUT2D eigenvalue weighted by Gasteiger charge is -2.22. The lowest BCUT2D eigenvalue weighted by molar-refractivity contribution is 0.0838. The van der Waals surface area contributed by atoms with E-state index in [4.69, 9.17) is 9.47 Å². The monoisotopic (exact) mass is 209 g/mol. The smallest absolute Gasteiger partial charge is 0.213 e. The van der Waals surface area contributed by atoms with E-state index in [-0.39, 0.29) is 11.7 Å². The molecule has 0 radical (unpaired) electrons.